The van der Waals surface area contributed by atoms with E-state index in [4.69, 9.17) is 5.73 Å². The molecule has 23 heavy (non-hydrogen) atoms. The van der Waals surface area contributed by atoms with Gasteiger partial charge >= 0.3 is 0 Å². The van der Waals surface area contributed by atoms with Gasteiger partial charge in [-0.1, -0.05) is 6.07 Å². The van der Waals surface area contributed by atoms with Crippen LogP contribution >= 0.6 is 0 Å². The molecule has 2 aromatic rings. The summed E-state index contributed by atoms with van der Waals surface area (Å²) in [6.07, 6.45) is 2.01. The molecule has 0 atom stereocenters. The zero-order valence-electron chi connectivity index (χ0n) is 12.7. The van der Waals surface area contributed by atoms with Crippen LogP contribution in [0.2, 0.25) is 0 Å². The molecule has 3 rings (SSSR count). The molecule has 2 aromatic carbocycles. The average Bonchev–Trinajstić information content (AvgIpc) is 2.55. The van der Waals surface area contributed by atoms with Gasteiger partial charge in [-0.25, -0.2) is 8.78 Å². The van der Waals surface area contributed by atoms with Crippen LogP contribution in [0.1, 0.15) is 24.0 Å². The lowest BCUT2D eigenvalue weighted by molar-refractivity contribution is -0.118. The van der Waals surface area contributed by atoms with E-state index >= 15 is 0 Å². The topological polar surface area (TPSA) is 46.3 Å². The lowest BCUT2D eigenvalue weighted by Crippen LogP contribution is -2.35. The molecule has 0 radical (unpaired) electrons. The van der Waals surface area contributed by atoms with Gasteiger partial charge in [-0.3, -0.25) is 4.79 Å². The molecular weight excluding hydrogens is 298 g/mol. The predicted octanol–water partition coefficient (Wildman–Crippen LogP) is 3.46. The van der Waals surface area contributed by atoms with Gasteiger partial charge in [0.15, 0.2) is 0 Å². The summed E-state index contributed by atoms with van der Waals surface area (Å²) >= 11 is 0. The van der Waals surface area contributed by atoms with Crippen molar-refractivity contribution in [2.45, 2.75) is 25.7 Å². The molecule has 0 aromatic heterocycles. The molecule has 0 saturated heterocycles. The minimum atomic E-state index is -0.495. The zero-order chi connectivity index (χ0) is 16.4. The van der Waals surface area contributed by atoms with E-state index in [1.165, 1.54) is 0 Å². The van der Waals surface area contributed by atoms with Gasteiger partial charge in [0, 0.05) is 24.3 Å². The number of fused-ring (bicyclic) bond motifs is 1. The van der Waals surface area contributed by atoms with E-state index in [-0.39, 0.29) is 24.3 Å². The van der Waals surface area contributed by atoms with Gasteiger partial charge in [0.1, 0.15) is 11.6 Å². The molecule has 1 amide bonds. The van der Waals surface area contributed by atoms with Gasteiger partial charge in [-0.05, 0) is 60.7 Å². The van der Waals surface area contributed by atoms with Crippen LogP contribution < -0.4 is 10.6 Å². The molecular formula is C18H18F2N2O. The van der Waals surface area contributed by atoms with Crippen LogP contribution in [-0.4, -0.2) is 12.5 Å². The van der Waals surface area contributed by atoms with Gasteiger partial charge in [-0.2, -0.15) is 0 Å². The Bertz CT molecular complexity index is 746. The van der Waals surface area contributed by atoms with Crippen molar-refractivity contribution in [3.63, 3.8) is 0 Å². The van der Waals surface area contributed by atoms with Crippen molar-refractivity contribution in [3.8, 4) is 0 Å². The highest BCUT2D eigenvalue weighted by atomic mass is 19.1. The zero-order valence-corrected chi connectivity index (χ0v) is 12.7. The van der Waals surface area contributed by atoms with Crippen molar-refractivity contribution in [2.75, 3.05) is 17.2 Å². The first-order valence-electron chi connectivity index (χ1n) is 7.68. The van der Waals surface area contributed by atoms with E-state index in [9.17, 15) is 13.6 Å². The Labute approximate surface area is 133 Å². The highest BCUT2D eigenvalue weighted by molar-refractivity contribution is 5.95. The molecule has 1 aliphatic heterocycles. The molecule has 1 heterocycles. The third-order valence-corrected chi connectivity index (χ3v) is 4.20. The molecule has 0 bridgehead atoms. The van der Waals surface area contributed by atoms with Gasteiger partial charge < -0.3 is 10.6 Å². The fourth-order valence-corrected chi connectivity index (χ4v) is 3.02. The normalized spacial score (nSPS) is 13.7. The number of halogens is 2. The number of hydrogen-bond donors (Lipinski definition) is 1. The molecule has 0 fully saturated rings. The highest BCUT2D eigenvalue weighted by Crippen LogP contribution is 2.31. The lowest BCUT2D eigenvalue weighted by atomic mass is 9.99. The number of carbonyl (C=O) groups excluding carboxylic acids is 1. The molecule has 0 unspecified atom stereocenters. The van der Waals surface area contributed by atoms with Crippen molar-refractivity contribution < 1.29 is 13.6 Å². The minimum Gasteiger partial charge on any atom is -0.398 e. The Hall–Kier alpha value is -2.43. The van der Waals surface area contributed by atoms with Gasteiger partial charge in [-0.15, -0.1) is 0 Å². The fourth-order valence-electron chi connectivity index (χ4n) is 3.02. The van der Waals surface area contributed by atoms with E-state index in [1.54, 1.807) is 4.90 Å². The van der Waals surface area contributed by atoms with Crippen LogP contribution in [0.25, 0.3) is 0 Å². The number of nitrogen functional groups attached to an aromatic ring is 1. The Morgan fingerprint density at radius 1 is 1.22 bits per heavy atom. The Kier molecular flexibility index (Phi) is 4.28. The van der Waals surface area contributed by atoms with Crippen LogP contribution in [0.5, 0.6) is 0 Å². The van der Waals surface area contributed by atoms with Crippen LogP contribution in [-0.2, 0) is 17.6 Å². The number of nitrogens with two attached hydrogens (primary N) is 1. The van der Waals surface area contributed by atoms with Crippen molar-refractivity contribution in [1.82, 2.24) is 0 Å². The number of rotatable bonds is 3. The van der Waals surface area contributed by atoms with Crippen molar-refractivity contribution >= 4 is 17.3 Å². The largest absolute Gasteiger partial charge is 0.398 e. The molecule has 0 spiro atoms. The summed E-state index contributed by atoms with van der Waals surface area (Å²) in [5, 5.41) is 0. The van der Waals surface area contributed by atoms with Crippen molar-refractivity contribution in [1.29, 1.82) is 0 Å². The smallest absolute Gasteiger partial charge is 0.227 e. The first-order valence-corrected chi connectivity index (χ1v) is 7.68. The predicted molar refractivity (Wildman–Crippen MR) is 86.2 cm³/mol. The Balaban J connectivity index is 1.75. The third-order valence-electron chi connectivity index (χ3n) is 4.20. The molecule has 3 nitrogen and oxygen atoms in total. The van der Waals surface area contributed by atoms with E-state index < -0.39 is 11.6 Å². The van der Waals surface area contributed by atoms with Gasteiger partial charge in [0.2, 0.25) is 5.91 Å². The average molecular weight is 316 g/mol. The molecule has 5 heteroatoms. The van der Waals surface area contributed by atoms with Crippen LogP contribution in [0.3, 0.4) is 0 Å². The highest BCUT2D eigenvalue weighted by Gasteiger charge is 2.23. The molecule has 0 aliphatic carbocycles. The molecule has 0 saturated carbocycles. The quantitative estimate of drug-likeness (QED) is 0.882. The first kappa shape index (κ1) is 15.5. The van der Waals surface area contributed by atoms with Crippen LogP contribution in [0.15, 0.2) is 36.4 Å². The van der Waals surface area contributed by atoms with Crippen LogP contribution in [0, 0.1) is 11.6 Å². The number of benzene rings is 2. The SMILES string of the molecule is Nc1cccc2c1CCCN2C(=O)CCc1cc(F)ccc1F. The summed E-state index contributed by atoms with van der Waals surface area (Å²) in [5.74, 6) is -1.08. The Morgan fingerprint density at radius 3 is 2.87 bits per heavy atom. The number of anilines is 2. The number of amides is 1. The lowest BCUT2D eigenvalue weighted by Gasteiger charge is -2.30. The summed E-state index contributed by atoms with van der Waals surface area (Å²) < 4.78 is 26.8. The fraction of sp³-hybridized carbons (Fsp3) is 0.278. The van der Waals surface area contributed by atoms with Crippen molar-refractivity contribution in [2.24, 2.45) is 0 Å². The molecule has 120 valence electrons. The van der Waals surface area contributed by atoms with Gasteiger partial charge in [0.25, 0.3) is 0 Å². The monoisotopic (exact) mass is 316 g/mol. The van der Waals surface area contributed by atoms with Crippen LogP contribution in [0.4, 0.5) is 20.2 Å². The number of nitrogens with zero attached hydrogens (tertiary/aromatic N) is 1. The van der Waals surface area contributed by atoms with E-state index in [1.807, 2.05) is 18.2 Å². The third kappa shape index (κ3) is 3.18. The van der Waals surface area contributed by atoms with E-state index in [0.29, 0.717) is 12.2 Å². The summed E-state index contributed by atoms with van der Waals surface area (Å²) in [7, 11) is 0. The first-order chi connectivity index (χ1) is 11.1. The molecule has 2 N–H and O–H groups in total. The standard InChI is InChI=1S/C18H18F2N2O/c19-13-7-8-15(20)12(11-13)6-9-18(23)22-10-2-3-14-16(21)4-1-5-17(14)22/h1,4-5,7-8,11H,2-3,6,9-10,21H2. The number of carbonyl (C=O) groups is 1. The second kappa shape index (κ2) is 6.36. The van der Waals surface area contributed by atoms with E-state index in [2.05, 4.69) is 0 Å². The second-order valence-electron chi connectivity index (χ2n) is 5.73. The van der Waals surface area contributed by atoms with Gasteiger partial charge in [0.05, 0.1) is 0 Å². The summed E-state index contributed by atoms with van der Waals surface area (Å²) in [5.41, 5.74) is 8.72. The minimum absolute atomic E-state index is 0.0970. The summed E-state index contributed by atoms with van der Waals surface area (Å²) in [4.78, 5) is 14.2. The summed E-state index contributed by atoms with van der Waals surface area (Å²) in [6, 6.07) is 8.84. The maximum Gasteiger partial charge on any atom is 0.227 e. The second-order valence-corrected chi connectivity index (χ2v) is 5.73. The number of hydrogen-bond acceptors (Lipinski definition) is 2. The van der Waals surface area contributed by atoms with E-state index in [0.717, 1.165) is 42.3 Å². The van der Waals surface area contributed by atoms with Crippen molar-refractivity contribution in [3.05, 3.63) is 59.2 Å². The Morgan fingerprint density at radius 2 is 2.04 bits per heavy atom. The molecule has 1 aliphatic rings. The maximum absolute atomic E-state index is 13.6. The summed E-state index contributed by atoms with van der Waals surface area (Å²) in [6.45, 7) is 0.626. The number of aryl methyl sites for hydroxylation is 1. The maximum atomic E-state index is 13.6.